The Hall–Kier alpha value is -1.89. The number of hydrogen-bond donors (Lipinski definition) is 1. The van der Waals surface area contributed by atoms with E-state index in [1.165, 1.54) is 17.4 Å². The molecule has 0 radical (unpaired) electrons. The van der Waals surface area contributed by atoms with Gasteiger partial charge in [0.25, 0.3) is 5.91 Å². The summed E-state index contributed by atoms with van der Waals surface area (Å²) < 4.78 is 25.8. The molecule has 1 amide bonds. The zero-order valence-electron chi connectivity index (χ0n) is 10.3. The lowest BCUT2D eigenvalue weighted by Crippen LogP contribution is -2.12. The van der Waals surface area contributed by atoms with Crippen molar-refractivity contribution in [1.29, 1.82) is 0 Å². The predicted molar refractivity (Wildman–Crippen MR) is 68.3 cm³/mol. The molecule has 0 fully saturated rings. The van der Waals surface area contributed by atoms with Crippen LogP contribution in [0.4, 0.5) is 13.9 Å². The molecule has 0 saturated heterocycles. The van der Waals surface area contributed by atoms with Gasteiger partial charge in [0.15, 0.2) is 11.6 Å². The number of carbonyl (C=O) groups excluding carboxylic acids is 1. The summed E-state index contributed by atoms with van der Waals surface area (Å²) in [6.07, 6.45) is 0. The van der Waals surface area contributed by atoms with Gasteiger partial charge in [-0.2, -0.15) is 0 Å². The minimum Gasteiger partial charge on any atom is -0.296 e. The molecule has 0 aliphatic carbocycles. The lowest BCUT2D eigenvalue weighted by atomic mass is 10.2. The van der Waals surface area contributed by atoms with Crippen molar-refractivity contribution in [3.8, 4) is 0 Å². The molecule has 1 heterocycles. The van der Waals surface area contributed by atoms with Gasteiger partial charge in [0.1, 0.15) is 5.01 Å². The fourth-order valence-electron chi connectivity index (χ4n) is 1.33. The van der Waals surface area contributed by atoms with Crippen LogP contribution in [-0.2, 0) is 0 Å². The Labute approximate surface area is 112 Å². The smallest absolute Gasteiger partial charge is 0.257 e. The summed E-state index contributed by atoms with van der Waals surface area (Å²) in [6.45, 7) is 3.92. The first-order valence-corrected chi connectivity index (χ1v) is 6.39. The highest BCUT2D eigenvalue weighted by atomic mass is 32.1. The van der Waals surface area contributed by atoms with Crippen molar-refractivity contribution in [2.75, 3.05) is 5.32 Å². The van der Waals surface area contributed by atoms with Crippen molar-refractivity contribution in [3.05, 3.63) is 40.4 Å². The first-order chi connectivity index (χ1) is 8.97. The molecule has 7 heteroatoms. The van der Waals surface area contributed by atoms with Crippen LogP contribution < -0.4 is 5.32 Å². The molecule has 1 aromatic heterocycles. The maximum atomic E-state index is 13.0. The standard InChI is InChI=1S/C12H11F2N3OS/c1-6(2)11-16-17-12(19-11)15-10(18)7-3-4-8(13)9(14)5-7/h3-6H,1-2H3,(H,15,17,18). The quantitative estimate of drug-likeness (QED) is 0.941. The lowest BCUT2D eigenvalue weighted by molar-refractivity contribution is 0.102. The van der Waals surface area contributed by atoms with Gasteiger partial charge in [-0.25, -0.2) is 8.78 Å². The van der Waals surface area contributed by atoms with Gasteiger partial charge < -0.3 is 0 Å². The first-order valence-electron chi connectivity index (χ1n) is 5.57. The Morgan fingerprint density at radius 1 is 1.26 bits per heavy atom. The molecule has 4 nitrogen and oxygen atoms in total. The van der Waals surface area contributed by atoms with Crippen molar-refractivity contribution in [3.63, 3.8) is 0 Å². The summed E-state index contributed by atoms with van der Waals surface area (Å²) in [7, 11) is 0. The summed E-state index contributed by atoms with van der Waals surface area (Å²) in [5.41, 5.74) is 0.0280. The molecule has 0 aliphatic rings. The van der Waals surface area contributed by atoms with Crippen LogP contribution in [-0.4, -0.2) is 16.1 Å². The summed E-state index contributed by atoms with van der Waals surface area (Å²) in [5.74, 6) is -2.39. The Morgan fingerprint density at radius 2 is 2.00 bits per heavy atom. The minimum atomic E-state index is -1.06. The highest BCUT2D eigenvalue weighted by molar-refractivity contribution is 7.15. The van der Waals surface area contributed by atoms with Crippen LogP contribution in [0.5, 0.6) is 0 Å². The fraction of sp³-hybridized carbons (Fsp3) is 0.250. The summed E-state index contributed by atoms with van der Waals surface area (Å²) in [6, 6.07) is 2.96. The molecule has 0 spiro atoms. The molecule has 1 N–H and O–H groups in total. The Morgan fingerprint density at radius 3 is 2.58 bits per heavy atom. The van der Waals surface area contributed by atoms with Gasteiger partial charge >= 0.3 is 0 Å². The number of hydrogen-bond acceptors (Lipinski definition) is 4. The topological polar surface area (TPSA) is 54.9 Å². The Kier molecular flexibility index (Phi) is 3.84. The van der Waals surface area contributed by atoms with Crippen LogP contribution in [0.2, 0.25) is 0 Å². The highest BCUT2D eigenvalue weighted by Gasteiger charge is 2.13. The van der Waals surface area contributed by atoms with Gasteiger partial charge in [-0.15, -0.1) is 10.2 Å². The third-order valence-electron chi connectivity index (χ3n) is 2.34. The summed E-state index contributed by atoms with van der Waals surface area (Å²) >= 11 is 1.25. The second kappa shape index (κ2) is 5.40. The van der Waals surface area contributed by atoms with E-state index in [-0.39, 0.29) is 11.5 Å². The zero-order chi connectivity index (χ0) is 14.0. The summed E-state index contributed by atoms with van der Waals surface area (Å²) in [5, 5.41) is 11.3. The van der Waals surface area contributed by atoms with E-state index in [2.05, 4.69) is 15.5 Å². The molecule has 0 bridgehead atoms. The van der Waals surface area contributed by atoms with Crippen molar-refractivity contribution >= 4 is 22.4 Å². The monoisotopic (exact) mass is 283 g/mol. The molecular weight excluding hydrogens is 272 g/mol. The molecule has 1 aromatic carbocycles. The molecular formula is C12H11F2N3OS. The van der Waals surface area contributed by atoms with E-state index in [0.29, 0.717) is 5.13 Å². The van der Waals surface area contributed by atoms with Gasteiger partial charge in [-0.3, -0.25) is 10.1 Å². The maximum absolute atomic E-state index is 13.0. The second-order valence-corrected chi connectivity index (χ2v) is 5.19. The number of aromatic nitrogens is 2. The normalized spacial score (nSPS) is 10.8. The van der Waals surface area contributed by atoms with Crippen LogP contribution in [0.1, 0.15) is 35.1 Å². The highest BCUT2D eigenvalue weighted by Crippen LogP contribution is 2.22. The summed E-state index contributed by atoms with van der Waals surface area (Å²) in [4.78, 5) is 11.8. The number of anilines is 1. The fourth-order valence-corrected chi connectivity index (χ4v) is 2.07. The van der Waals surface area contributed by atoms with E-state index in [4.69, 9.17) is 0 Å². The van der Waals surface area contributed by atoms with Crippen LogP contribution >= 0.6 is 11.3 Å². The number of carbonyl (C=O) groups is 1. The van der Waals surface area contributed by atoms with Gasteiger partial charge in [0.2, 0.25) is 5.13 Å². The van der Waals surface area contributed by atoms with E-state index >= 15 is 0 Å². The Balaban J connectivity index is 2.13. The lowest BCUT2D eigenvalue weighted by Gasteiger charge is -2.01. The first kappa shape index (κ1) is 13.5. The average molecular weight is 283 g/mol. The number of rotatable bonds is 3. The molecule has 0 unspecified atom stereocenters. The van der Waals surface area contributed by atoms with E-state index in [9.17, 15) is 13.6 Å². The van der Waals surface area contributed by atoms with E-state index < -0.39 is 17.5 Å². The van der Waals surface area contributed by atoms with Crippen molar-refractivity contribution in [2.24, 2.45) is 0 Å². The predicted octanol–water partition coefficient (Wildman–Crippen LogP) is 3.19. The molecule has 19 heavy (non-hydrogen) atoms. The number of amides is 1. The molecule has 2 rings (SSSR count). The number of halogens is 2. The van der Waals surface area contributed by atoms with Crippen molar-refractivity contribution in [2.45, 2.75) is 19.8 Å². The largest absolute Gasteiger partial charge is 0.296 e. The maximum Gasteiger partial charge on any atom is 0.257 e. The van der Waals surface area contributed by atoms with Crippen molar-refractivity contribution < 1.29 is 13.6 Å². The molecule has 0 saturated carbocycles. The van der Waals surface area contributed by atoms with Crippen LogP contribution in [0, 0.1) is 11.6 Å². The average Bonchev–Trinajstić information content (AvgIpc) is 2.81. The number of benzene rings is 1. The third kappa shape index (κ3) is 3.11. The van der Waals surface area contributed by atoms with Crippen molar-refractivity contribution in [1.82, 2.24) is 10.2 Å². The zero-order valence-corrected chi connectivity index (χ0v) is 11.1. The minimum absolute atomic E-state index is 0.0280. The van der Waals surface area contributed by atoms with E-state index in [1.807, 2.05) is 13.8 Å². The van der Waals surface area contributed by atoms with Gasteiger partial charge in [0, 0.05) is 11.5 Å². The van der Waals surface area contributed by atoms with E-state index in [1.54, 1.807) is 0 Å². The SMILES string of the molecule is CC(C)c1nnc(NC(=O)c2ccc(F)c(F)c2)s1. The number of nitrogens with one attached hydrogen (secondary N) is 1. The van der Waals surface area contributed by atoms with E-state index in [0.717, 1.165) is 17.1 Å². The van der Waals surface area contributed by atoms with Crippen LogP contribution in [0.25, 0.3) is 0 Å². The number of nitrogens with zero attached hydrogens (tertiary/aromatic N) is 2. The molecule has 100 valence electrons. The Bertz CT molecular complexity index is 613. The van der Waals surface area contributed by atoms with Gasteiger partial charge in [-0.1, -0.05) is 25.2 Å². The third-order valence-corrected chi connectivity index (χ3v) is 3.48. The molecule has 0 atom stereocenters. The van der Waals surface area contributed by atoms with Crippen LogP contribution in [0.3, 0.4) is 0 Å². The van der Waals surface area contributed by atoms with Gasteiger partial charge in [0.05, 0.1) is 0 Å². The molecule has 2 aromatic rings. The van der Waals surface area contributed by atoms with Gasteiger partial charge in [-0.05, 0) is 18.2 Å². The van der Waals surface area contributed by atoms with Crippen LogP contribution in [0.15, 0.2) is 18.2 Å². The second-order valence-electron chi connectivity index (χ2n) is 4.18. The molecule has 0 aliphatic heterocycles.